The number of sulfonamides is 1. The van der Waals surface area contributed by atoms with Gasteiger partial charge in [-0.3, -0.25) is 9.58 Å². The molecule has 0 saturated heterocycles. The van der Waals surface area contributed by atoms with Gasteiger partial charge in [0.15, 0.2) is 0 Å². The van der Waals surface area contributed by atoms with Gasteiger partial charge in [-0.1, -0.05) is 66.7 Å². The third-order valence-electron chi connectivity index (χ3n) is 7.67. The topological polar surface area (TPSA) is 96.7 Å². The summed E-state index contributed by atoms with van der Waals surface area (Å²) in [5, 5.41) is 18.2. The maximum atomic E-state index is 13.4. The van der Waals surface area contributed by atoms with Crippen LogP contribution in [0.2, 0.25) is 0 Å². The van der Waals surface area contributed by atoms with Gasteiger partial charge in [0.2, 0.25) is 10.0 Å². The quantitative estimate of drug-likeness (QED) is 0.282. The molecule has 0 saturated carbocycles. The lowest BCUT2D eigenvalue weighted by molar-refractivity contribution is 0.236. The van der Waals surface area contributed by atoms with Gasteiger partial charge < -0.3 is 9.84 Å². The van der Waals surface area contributed by atoms with E-state index in [1.54, 1.807) is 19.2 Å². The van der Waals surface area contributed by atoms with Crippen molar-refractivity contribution in [3.05, 3.63) is 101 Å². The van der Waals surface area contributed by atoms with Gasteiger partial charge >= 0.3 is 0 Å². The zero-order valence-electron chi connectivity index (χ0n) is 22.4. The summed E-state index contributed by atoms with van der Waals surface area (Å²) in [6.45, 7) is 2.65. The molecule has 1 aromatic heterocycles. The lowest BCUT2D eigenvalue weighted by atomic mass is 10.0. The van der Waals surface area contributed by atoms with Crippen molar-refractivity contribution in [3.8, 4) is 5.75 Å². The SMILES string of the molecule is COc1ccc(CN2CCc3c(c(CNS(=O)(=O)c4cccc5ccccc45)nn3CCO)C2)c2ccccc12. The Morgan fingerprint density at radius 1 is 0.950 bits per heavy atom. The molecule has 0 atom stereocenters. The molecular formula is C31H32N4O4S. The first-order valence-corrected chi connectivity index (χ1v) is 14.9. The second kappa shape index (κ2) is 11.0. The average molecular weight is 557 g/mol. The fourth-order valence-corrected chi connectivity index (χ4v) is 6.95. The van der Waals surface area contributed by atoms with Gasteiger partial charge in [0.25, 0.3) is 0 Å². The fourth-order valence-electron chi connectivity index (χ4n) is 5.74. The van der Waals surface area contributed by atoms with E-state index in [0.29, 0.717) is 24.2 Å². The Labute approximate surface area is 233 Å². The van der Waals surface area contributed by atoms with Gasteiger partial charge in [0.05, 0.1) is 37.4 Å². The minimum atomic E-state index is -3.78. The number of nitrogens with zero attached hydrogens (tertiary/aromatic N) is 3. The predicted octanol–water partition coefficient (Wildman–Crippen LogP) is 4.23. The summed E-state index contributed by atoms with van der Waals surface area (Å²) in [6.07, 6.45) is 0.770. The van der Waals surface area contributed by atoms with Crippen LogP contribution < -0.4 is 9.46 Å². The van der Waals surface area contributed by atoms with Crippen molar-refractivity contribution in [2.45, 2.75) is 37.5 Å². The van der Waals surface area contributed by atoms with E-state index in [1.165, 1.54) is 5.56 Å². The highest BCUT2D eigenvalue weighted by Gasteiger charge is 2.27. The summed E-state index contributed by atoms with van der Waals surface area (Å²) in [5.41, 5.74) is 3.99. The minimum Gasteiger partial charge on any atom is -0.496 e. The van der Waals surface area contributed by atoms with Crippen LogP contribution in [0.1, 0.15) is 22.5 Å². The van der Waals surface area contributed by atoms with Crippen LogP contribution in [0.5, 0.6) is 5.75 Å². The monoisotopic (exact) mass is 556 g/mol. The molecule has 4 aromatic carbocycles. The number of benzene rings is 4. The largest absolute Gasteiger partial charge is 0.496 e. The van der Waals surface area contributed by atoms with E-state index >= 15 is 0 Å². The number of hydrogen-bond acceptors (Lipinski definition) is 6. The molecule has 0 spiro atoms. The van der Waals surface area contributed by atoms with Crippen molar-refractivity contribution in [1.82, 2.24) is 19.4 Å². The standard InChI is InChI=1S/C31H32N4O4S/c1-39-30-14-13-23(24-9-4-5-11-26(24)30)20-34-16-15-29-27(21-34)28(33-35(29)17-18-36)19-32-40(37,38)31-12-6-8-22-7-2-3-10-25(22)31/h2-14,32,36H,15-21H2,1H3. The Kier molecular flexibility index (Phi) is 7.29. The van der Waals surface area contributed by atoms with E-state index in [-0.39, 0.29) is 18.0 Å². The average Bonchev–Trinajstić information content (AvgIpc) is 3.32. The molecule has 206 valence electrons. The van der Waals surface area contributed by atoms with Gasteiger partial charge in [0.1, 0.15) is 5.75 Å². The number of aliphatic hydroxyl groups is 1. The van der Waals surface area contributed by atoms with E-state index in [2.05, 4.69) is 27.8 Å². The van der Waals surface area contributed by atoms with Crippen LogP contribution in [0.25, 0.3) is 21.5 Å². The second-order valence-corrected chi connectivity index (χ2v) is 11.8. The van der Waals surface area contributed by atoms with Crippen LogP contribution in [0.15, 0.2) is 83.8 Å². The van der Waals surface area contributed by atoms with Crippen molar-refractivity contribution >= 4 is 31.6 Å². The third kappa shape index (κ3) is 4.97. The van der Waals surface area contributed by atoms with Crippen LogP contribution in [0.3, 0.4) is 0 Å². The molecule has 40 heavy (non-hydrogen) atoms. The summed E-state index contributed by atoms with van der Waals surface area (Å²) >= 11 is 0. The van der Waals surface area contributed by atoms with E-state index in [9.17, 15) is 13.5 Å². The molecule has 2 heterocycles. The summed E-state index contributed by atoms with van der Waals surface area (Å²) in [4.78, 5) is 2.62. The molecule has 0 bridgehead atoms. The highest BCUT2D eigenvalue weighted by atomic mass is 32.2. The fraction of sp³-hybridized carbons (Fsp3) is 0.258. The molecular weight excluding hydrogens is 524 g/mol. The van der Waals surface area contributed by atoms with Crippen molar-refractivity contribution in [1.29, 1.82) is 0 Å². The summed E-state index contributed by atoms with van der Waals surface area (Å²) < 4.78 is 37.0. The van der Waals surface area contributed by atoms with E-state index in [0.717, 1.165) is 52.7 Å². The molecule has 8 nitrogen and oxygen atoms in total. The molecule has 0 amide bonds. The number of hydrogen-bond donors (Lipinski definition) is 2. The molecule has 0 radical (unpaired) electrons. The van der Waals surface area contributed by atoms with Crippen LogP contribution in [-0.2, 0) is 42.6 Å². The van der Waals surface area contributed by atoms with Crippen molar-refractivity contribution in [2.24, 2.45) is 0 Å². The Balaban J connectivity index is 1.27. The van der Waals surface area contributed by atoms with Crippen LogP contribution >= 0.6 is 0 Å². The Morgan fingerprint density at radius 3 is 2.50 bits per heavy atom. The van der Waals surface area contributed by atoms with Gasteiger partial charge in [0, 0.05) is 48.1 Å². The first kappa shape index (κ1) is 26.5. The number of fused-ring (bicyclic) bond motifs is 3. The van der Waals surface area contributed by atoms with Crippen LogP contribution in [-0.4, -0.2) is 48.5 Å². The van der Waals surface area contributed by atoms with Crippen LogP contribution in [0.4, 0.5) is 0 Å². The van der Waals surface area contributed by atoms with Gasteiger partial charge in [-0.15, -0.1) is 0 Å². The van der Waals surface area contributed by atoms with E-state index in [4.69, 9.17) is 9.84 Å². The van der Waals surface area contributed by atoms with Crippen molar-refractivity contribution < 1.29 is 18.3 Å². The molecule has 5 aromatic rings. The number of rotatable bonds is 9. The molecule has 1 aliphatic rings. The normalized spacial score (nSPS) is 14.1. The lowest BCUT2D eigenvalue weighted by Gasteiger charge is -2.28. The van der Waals surface area contributed by atoms with Gasteiger partial charge in [-0.2, -0.15) is 5.10 Å². The maximum Gasteiger partial charge on any atom is 0.241 e. The second-order valence-electron chi connectivity index (χ2n) is 10.1. The smallest absolute Gasteiger partial charge is 0.241 e. The molecule has 9 heteroatoms. The van der Waals surface area contributed by atoms with Crippen LogP contribution in [0, 0.1) is 0 Å². The summed E-state index contributed by atoms with van der Waals surface area (Å²) in [6, 6.07) is 25.1. The molecule has 0 aliphatic carbocycles. The van der Waals surface area contributed by atoms with Gasteiger partial charge in [-0.25, -0.2) is 13.1 Å². The summed E-state index contributed by atoms with van der Waals surface area (Å²) in [5.74, 6) is 0.853. The number of methoxy groups -OCH3 is 1. The third-order valence-corrected chi connectivity index (χ3v) is 9.12. The highest BCUT2D eigenvalue weighted by molar-refractivity contribution is 7.89. The number of aromatic nitrogens is 2. The molecule has 2 N–H and O–H groups in total. The number of nitrogens with one attached hydrogen (secondary N) is 1. The van der Waals surface area contributed by atoms with E-state index in [1.807, 2.05) is 53.2 Å². The zero-order valence-corrected chi connectivity index (χ0v) is 23.2. The molecule has 0 unspecified atom stereocenters. The first-order chi connectivity index (χ1) is 19.5. The van der Waals surface area contributed by atoms with Gasteiger partial charge in [-0.05, 0) is 28.5 Å². The number of aliphatic hydroxyl groups excluding tert-OH is 1. The predicted molar refractivity (Wildman–Crippen MR) is 156 cm³/mol. The van der Waals surface area contributed by atoms with Crippen molar-refractivity contribution in [2.75, 3.05) is 20.3 Å². The molecule has 6 rings (SSSR count). The minimum absolute atomic E-state index is 0.0309. The van der Waals surface area contributed by atoms with E-state index < -0.39 is 10.0 Å². The molecule has 1 aliphatic heterocycles. The lowest BCUT2D eigenvalue weighted by Crippen LogP contribution is -2.32. The Morgan fingerprint density at radius 2 is 1.70 bits per heavy atom. The van der Waals surface area contributed by atoms with Crippen molar-refractivity contribution in [3.63, 3.8) is 0 Å². The number of ether oxygens (including phenoxy) is 1. The maximum absolute atomic E-state index is 13.4. The zero-order chi connectivity index (χ0) is 27.7. The first-order valence-electron chi connectivity index (χ1n) is 13.4. The summed E-state index contributed by atoms with van der Waals surface area (Å²) in [7, 11) is -2.09. The highest BCUT2D eigenvalue weighted by Crippen LogP contribution is 2.31. The Bertz CT molecular complexity index is 1790. The molecule has 0 fully saturated rings. The Hall–Kier alpha value is -3.76.